The zero-order chi connectivity index (χ0) is 14.4. The molecule has 0 fully saturated rings. The van der Waals surface area contributed by atoms with Crippen molar-refractivity contribution in [3.8, 4) is 0 Å². The SMILES string of the molecule is Cc1nc(N2C(=O)c3cccc(N)c3C2=O)ccc1Br. The third-order valence-corrected chi connectivity index (χ3v) is 4.02. The fourth-order valence-corrected chi connectivity index (χ4v) is 2.40. The second-order valence-electron chi connectivity index (χ2n) is 4.45. The number of rotatable bonds is 1. The first-order valence-electron chi connectivity index (χ1n) is 5.91. The van der Waals surface area contributed by atoms with Crippen LogP contribution in [0.4, 0.5) is 11.5 Å². The number of pyridine rings is 1. The molecule has 0 bridgehead atoms. The van der Waals surface area contributed by atoms with E-state index in [0.29, 0.717) is 22.8 Å². The number of aryl methyl sites for hydroxylation is 1. The smallest absolute Gasteiger partial charge is 0.269 e. The van der Waals surface area contributed by atoms with Crippen molar-refractivity contribution < 1.29 is 9.59 Å². The Bertz CT molecular complexity index is 758. The third kappa shape index (κ3) is 1.72. The number of benzene rings is 1. The molecular weight excluding hydrogens is 322 g/mol. The van der Waals surface area contributed by atoms with Gasteiger partial charge in [0.2, 0.25) is 0 Å². The van der Waals surface area contributed by atoms with Gasteiger partial charge in [-0.05, 0) is 47.1 Å². The van der Waals surface area contributed by atoms with Crippen LogP contribution < -0.4 is 10.6 Å². The van der Waals surface area contributed by atoms with Gasteiger partial charge >= 0.3 is 0 Å². The number of amides is 2. The molecule has 3 rings (SSSR count). The Labute approximate surface area is 123 Å². The number of nitrogen functional groups attached to an aromatic ring is 1. The van der Waals surface area contributed by atoms with E-state index in [1.165, 1.54) is 0 Å². The fraction of sp³-hybridized carbons (Fsp3) is 0.0714. The largest absolute Gasteiger partial charge is 0.398 e. The molecule has 0 spiro atoms. The van der Waals surface area contributed by atoms with E-state index in [2.05, 4.69) is 20.9 Å². The van der Waals surface area contributed by atoms with E-state index < -0.39 is 11.8 Å². The highest BCUT2D eigenvalue weighted by molar-refractivity contribution is 9.10. The maximum Gasteiger partial charge on any atom is 0.269 e. The molecule has 1 aliphatic heterocycles. The standard InChI is InChI=1S/C14H10BrN3O2/c1-7-9(15)5-6-11(17-7)18-13(19)8-3-2-4-10(16)12(8)14(18)20/h2-6H,16H2,1H3. The normalized spacial score (nSPS) is 13.8. The van der Waals surface area contributed by atoms with Gasteiger partial charge in [0.1, 0.15) is 5.82 Å². The number of carbonyl (C=O) groups excluding carboxylic acids is 2. The second-order valence-corrected chi connectivity index (χ2v) is 5.31. The zero-order valence-electron chi connectivity index (χ0n) is 10.6. The Morgan fingerprint density at radius 1 is 1.15 bits per heavy atom. The van der Waals surface area contributed by atoms with Gasteiger partial charge in [-0.15, -0.1) is 0 Å². The number of imide groups is 1. The van der Waals surface area contributed by atoms with E-state index in [0.717, 1.165) is 9.37 Å². The number of anilines is 2. The summed E-state index contributed by atoms with van der Waals surface area (Å²) in [5, 5.41) is 0. The van der Waals surface area contributed by atoms with Gasteiger partial charge in [0.05, 0.1) is 16.8 Å². The zero-order valence-corrected chi connectivity index (χ0v) is 12.1. The summed E-state index contributed by atoms with van der Waals surface area (Å²) in [6, 6.07) is 8.23. The lowest BCUT2D eigenvalue weighted by atomic mass is 10.1. The van der Waals surface area contributed by atoms with E-state index in [4.69, 9.17) is 5.73 Å². The van der Waals surface area contributed by atoms with Crippen LogP contribution in [-0.4, -0.2) is 16.8 Å². The lowest BCUT2D eigenvalue weighted by Crippen LogP contribution is -2.30. The highest BCUT2D eigenvalue weighted by Crippen LogP contribution is 2.31. The summed E-state index contributed by atoms with van der Waals surface area (Å²) in [4.78, 5) is 30.1. The van der Waals surface area contributed by atoms with Crippen LogP contribution in [0.2, 0.25) is 0 Å². The Morgan fingerprint density at radius 2 is 1.90 bits per heavy atom. The van der Waals surface area contributed by atoms with Gasteiger partial charge in [-0.2, -0.15) is 0 Å². The minimum Gasteiger partial charge on any atom is -0.398 e. The molecule has 100 valence electrons. The van der Waals surface area contributed by atoms with Crippen LogP contribution in [0.25, 0.3) is 0 Å². The average molecular weight is 332 g/mol. The molecule has 0 unspecified atom stereocenters. The Hall–Kier alpha value is -2.21. The number of nitrogens with two attached hydrogens (primary N) is 1. The van der Waals surface area contributed by atoms with E-state index in [-0.39, 0.29) is 5.56 Å². The molecular formula is C14H10BrN3O2. The minimum absolute atomic E-state index is 0.250. The molecule has 0 saturated carbocycles. The molecule has 2 aromatic rings. The van der Waals surface area contributed by atoms with Crippen molar-refractivity contribution in [2.45, 2.75) is 6.92 Å². The number of nitrogens with zero attached hydrogens (tertiary/aromatic N) is 2. The first-order valence-corrected chi connectivity index (χ1v) is 6.70. The number of hydrogen-bond donors (Lipinski definition) is 1. The molecule has 0 atom stereocenters. The average Bonchev–Trinajstić information content (AvgIpc) is 2.67. The summed E-state index contributed by atoms with van der Waals surface area (Å²) in [5.74, 6) is -0.528. The number of halogens is 1. The number of fused-ring (bicyclic) bond motifs is 1. The summed E-state index contributed by atoms with van der Waals surface area (Å²) in [7, 11) is 0. The van der Waals surface area contributed by atoms with Crippen LogP contribution in [0, 0.1) is 6.92 Å². The molecule has 0 saturated heterocycles. The van der Waals surface area contributed by atoms with Gasteiger partial charge in [0.15, 0.2) is 0 Å². The van der Waals surface area contributed by atoms with Crippen LogP contribution in [0.5, 0.6) is 0 Å². The topological polar surface area (TPSA) is 76.3 Å². The van der Waals surface area contributed by atoms with Gasteiger partial charge in [0.25, 0.3) is 11.8 Å². The van der Waals surface area contributed by atoms with Gasteiger partial charge in [-0.1, -0.05) is 6.07 Å². The Morgan fingerprint density at radius 3 is 2.55 bits per heavy atom. The van der Waals surface area contributed by atoms with Crippen LogP contribution in [0.15, 0.2) is 34.8 Å². The maximum absolute atomic E-state index is 12.4. The molecule has 5 nitrogen and oxygen atoms in total. The summed E-state index contributed by atoms with van der Waals surface area (Å²) < 4.78 is 0.817. The second kappa shape index (κ2) is 4.42. The maximum atomic E-state index is 12.4. The van der Waals surface area contributed by atoms with Crippen LogP contribution >= 0.6 is 15.9 Å². The molecule has 0 aliphatic carbocycles. The lowest BCUT2D eigenvalue weighted by Gasteiger charge is -2.13. The summed E-state index contributed by atoms with van der Waals surface area (Å²) >= 11 is 3.34. The van der Waals surface area contributed by atoms with E-state index in [1.807, 2.05) is 0 Å². The minimum atomic E-state index is -0.433. The summed E-state index contributed by atoms with van der Waals surface area (Å²) in [6.45, 7) is 1.79. The molecule has 20 heavy (non-hydrogen) atoms. The molecule has 2 amide bonds. The van der Waals surface area contributed by atoms with E-state index in [1.54, 1.807) is 37.3 Å². The summed E-state index contributed by atoms with van der Waals surface area (Å²) in [5.41, 5.74) is 7.36. The van der Waals surface area contributed by atoms with Gasteiger partial charge < -0.3 is 5.73 Å². The van der Waals surface area contributed by atoms with Crippen molar-refractivity contribution in [1.82, 2.24) is 4.98 Å². The lowest BCUT2D eigenvalue weighted by molar-refractivity contribution is 0.0925. The molecule has 1 aromatic heterocycles. The number of hydrogen-bond acceptors (Lipinski definition) is 4. The first kappa shape index (κ1) is 12.8. The van der Waals surface area contributed by atoms with Crippen molar-refractivity contribution in [2.75, 3.05) is 10.6 Å². The van der Waals surface area contributed by atoms with Crippen molar-refractivity contribution in [3.63, 3.8) is 0 Å². The molecule has 0 radical (unpaired) electrons. The van der Waals surface area contributed by atoms with Crippen molar-refractivity contribution in [3.05, 3.63) is 51.6 Å². The molecule has 1 aromatic carbocycles. The molecule has 6 heteroatoms. The fourth-order valence-electron chi connectivity index (χ4n) is 2.17. The predicted molar refractivity (Wildman–Crippen MR) is 78.7 cm³/mol. The van der Waals surface area contributed by atoms with Crippen molar-refractivity contribution >= 4 is 39.2 Å². The number of carbonyl (C=O) groups is 2. The predicted octanol–water partition coefficient (Wildman–Crippen LogP) is 2.54. The van der Waals surface area contributed by atoms with E-state index in [9.17, 15) is 9.59 Å². The van der Waals surface area contributed by atoms with Crippen LogP contribution in [0.3, 0.4) is 0 Å². The number of aromatic nitrogens is 1. The first-order chi connectivity index (χ1) is 9.50. The monoisotopic (exact) mass is 331 g/mol. The Balaban J connectivity index is 2.14. The van der Waals surface area contributed by atoms with Crippen molar-refractivity contribution in [2.24, 2.45) is 0 Å². The quantitative estimate of drug-likeness (QED) is 0.643. The third-order valence-electron chi connectivity index (χ3n) is 3.18. The van der Waals surface area contributed by atoms with Crippen molar-refractivity contribution in [1.29, 1.82) is 0 Å². The Kier molecular flexibility index (Phi) is 2.83. The highest BCUT2D eigenvalue weighted by Gasteiger charge is 2.38. The molecule has 2 heterocycles. The molecule has 2 N–H and O–H groups in total. The molecule has 1 aliphatic rings. The van der Waals surface area contributed by atoms with Crippen LogP contribution in [0.1, 0.15) is 26.4 Å². The van der Waals surface area contributed by atoms with E-state index >= 15 is 0 Å². The van der Waals surface area contributed by atoms with Crippen LogP contribution in [-0.2, 0) is 0 Å². The summed E-state index contributed by atoms with van der Waals surface area (Å²) in [6.07, 6.45) is 0. The van der Waals surface area contributed by atoms with Gasteiger partial charge in [0, 0.05) is 10.2 Å². The van der Waals surface area contributed by atoms with Gasteiger partial charge in [-0.25, -0.2) is 9.88 Å². The highest BCUT2D eigenvalue weighted by atomic mass is 79.9. The van der Waals surface area contributed by atoms with Gasteiger partial charge in [-0.3, -0.25) is 9.59 Å².